The molecule has 0 saturated carbocycles. The van der Waals surface area contributed by atoms with Crippen LogP contribution in [0.2, 0.25) is 10.0 Å². The van der Waals surface area contributed by atoms with E-state index in [0.717, 1.165) is 27.6 Å². The van der Waals surface area contributed by atoms with Crippen LogP contribution in [0.1, 0.15) is 31.0 Å². The Kier molecular flexibility index (Phi) is 4.26. The van der Waals surface area contributed by atoms with Crippen molar-refractivity contribution in [1.82, 2.24) is 4.98 Å². The van der Waals surface area contributed by atoms with Crippen LogP contribution in [0.15, 0.2) is 42.5 Å². The van der Waals surface area contributed by atoms with Crippen LogP contribution in [0.4, 0.5) is 0 Å². The summed E-state index contributed by atoms with van der Waals surface area (Å²) in [5, 5.41) is 11.8. The predicted octanol–water partition coefficient (Wildman–Crippen LogP) is 6.20. The van der Waals surface area contributed by atoms with Crippen molar-refractivity contribution in [2.45, 2.75) is 19.8 Å². The Morgan fingerprint density at radius 2 is 1.78 bits per heavy atom. The largest absolute Gasteiger partial charge is 0.237 e. The Bertz CT molecular complexity index is 940. The second-order valence-corrected chi connectivity index (χ2v) is 6.56. The predicted molar refractivity (Wildman–Crippen MR) is 96.0 cm³/mol. The zero-order chi connectivity index (χ0) is 16.6. The molecule has 0 radical (unpaired) electrons. The molecule has 0 N–H and O–H groups in total. The number of fused-ring (bicyclic) bond motifs is 1. The van der Waals surface area contributed by atoms with Gasteiger partial charge in [0.05, 0.1) is 5.52 Å². The lowest BCUT2D eigenvalue weighted by atomic mass is 9.88. The fourth-order valence-electron chi connectivity index (χ4n) is 2.85. The van der Waals surface area contributed by atoms with Gasteiger partial charge in [0.25, 0.3) is 0 Å². The number of hydrogen-bond acceptors (Lipinski definition) is 2. The Morgan fingerprint density at radius 1 is 1.04 bits per heavy atom. The van der Waals surface area contributed by atoms with Gasteiger partial charge in [0.2, 0.25) is 0 Å². The summed E-state index contributed by atoms with van der Waals surface area (Å²) >= 11 is 12.4. The first kappa shape index (κ1) is 15.8. The smallest absolute Gasteiger partial charge is 0.145 e. The molecule has 0 bridgehead atoms. The third kappa shape index (κ3) is 2.91. The highest BCUT2D eigenvalue weighted by molar-refractivity contribution is 6.32. The maximum Gasteiger partial charge on any atom is 0.145 e. The van der Waals surface area contributed by atoms with Gasteiger partial charge in [-0.25, -0.2) is 4.98 Å². The lowest BCUT2D eigenvalue weighted by Crippen LogP contribution is -2.02. The van der Waals surface area contributed by atoms with Crippen LogP contribution in [-0.2, 0) is 0 Å². The minimum Gasteiger partial charge on any atom is -0.237 e. The van der Waals surface area contributed by atoms with Crippen molar-refractivity contribution >= 4 is 34.1 Å². The molecule has 3 aromatic rings. The number of aromatic nitrogens is 1. The summed E-state index contributed by atoms with van der Waals surface area (Å²) in [5.41, 5.74) is 4.07. The molecule has 4 heteroatoms. The van der Waals surface area contributed by atoms with Gasteiger partial charge in [0, 0.05) is 15.4 Å². The molecule has 2 nitrogen and oxygen atoms in total. The average molecular weight is 341 g/mol. The van der Waals surface area contributed by atoms with E-state index in [1.165, 1.54) is 0 Å². The number of nitriles is 1. The molecule has 0 atom stereocenters. The third-order valence-electron chi connectivity index (χ3n) is 3.78. The average Bonchev–Trinajstić information content (AvgIpc) is 2.52. The molecule has 0 amide bonds. The first-order chi connectivity index (χ1) is 11.0. The topological polar surface area (TPSA) is 36.7 Å². The van der Waals surface area contributed by atoms with Gasteiger partial charge in [-0.3, -0.25) is 0 Å². The number of halogens is 2. The third-order valence-corrected chi connectivity index (χ3v) is 4.25. The zero-order valence-electron chi connectivity index (χ0n) is 12.8. The maximum absolute atomic E-state index is 9.54. The highest BCUT2D eigenvalue weighted by Crippen LogP contribution is 2.38. The van der Waals surface area contributed by atoms with Crippen molar-refractivity contribution in [3.63, 3.8) is 0 Å². The first-order valence-electron chi connectivity index (χ1n) is 7.30. The zero-order valence-corrected chi connectivity index (χ0v) is 14.3. The maximum atomic E-state index is 9.54. The van der Waals surface area contributed by atoms with Gasteiger partial charge in [-0.2, -0.15) is 5.26 Å². The summed E-state index contributed by atoms with van der Waals surface area (Å²) in [5.74, 6) is 0.148. The van der Waals surface area contributed by atoms with Crippen molar-refractivity contribution in [3.05, 3.63) is 63.8 Å². The molecular weight excluding hydrogens is 327 g/mol. The molecule has 1 heterocycles. The molecule has 0 fully saturated rings. The van der Waals surface area contributed by atoms with Crippen LogP contribution in [0, 0.1) is 11.3 Å². The van der Waals surface area contributed by atoms with Crippen molar-refractivity contribution in [2.24, 2.45) is 0 Å². The molecule has 1 aromatic heterocycles. The summed E-state index contributed by atoms with van der Waals surface area (Å²) in [6, 6.07) is 15.4. The lowest BCUT2D eigenvalue weighted by Gasteiger charge is -2.17. The van der Waals surface area contributed by atoms with Crippen LogP contribution in [0.25, 0.3) is 22.0 Å². The Balaban J connectivity index is 2.51. The van der Waals surface area contributed by atoms with E-state index in [9.17, 15) is 5.26 Å². The fourth-order valence-corrected chi connectivity index (χ4v) is 3.21. The van der Waals surface area contributed by atoms with Crippen molar-refractivity contribution in [2.75, 3.05) is 0 Å². The Hall–Kier alpha value is -2.08. The highest BCUT2D eigenvalue weighted by atomic mass is 35.5. The molecule has 0 aliphatic carbocycles. The van der Waals surface area contributed by atoms with Gasteiger partial charge in [0.15, 0.2) is 0 Å². The van der Waals surface area contributed by atoms with Gasteiger partial charge < -0.3 is 0 Å². The summed E-state index contributed by atoms with van der Waals surface area (Å²) in [6.07, 6.45) is 0. The van der Waals surface area contributed by atoms with E-state index in [-0.39, 0.29) is 5.92 Å². The number of rotatable bonds is 2. The molecule has 23 heavy (non-hydrogen) atoms. The minimum absolute atomic E-state index is 0.148. The Labute approximate surface area is 145 Å². The minimum atomic E-state index is 0.148. The van der Waals surface area contributed by atoms with Crippen LogP contribution in [-0.4, -0.2) is 4.98 Å². The van der Waals surface area contributed by atoms with Crippen molar-refractivity contribution in [3.8, 4) is 17.2 Å². The normalized spacial score (nSPS) is 11.0. The standard InChI is InChI=1S/C19H14Cl2N2/c1-11(2)18-17(10-22)23-16-7-6-14(21)9-15(16)19(18)12-4-3-5-13(20)8-12/h3-9,11H,1-2H3. The second-order valence-electron chi connectivity index (χ2n) is 5.69. The monoisotopic (exact) mass is 340 g/mol. The molecule has 0 aliphatic heterocycles. The van der Waals surface area contributed by atoms with Crippen LogP contribution in [0.3, 0.4) is 0 Å². The van der Waals surface area contributed by atoms with Crippen LogP contribution < -0.4 is 0 Å². The number of nitrogens with zero attached hydrogens (tertiary/aromatic N) is 2. The Morgan fingerprint density at radius 3 is 2.43 bits per heavy atom. The molecule has 0 aliphatic rings. The van der Waals surface area contributed by atoms with E-state index >= 15 is 0 Å². The first-order valence-corrected chi connectivity index (χ1v) is 8.06. The molecular formula is C19H14Cl2N2. The quantitative estimate of drug-likeness (QED) is 0.556. The van der Waals surface area contributed by atoms with E-state index in [2.05, 4.69) is 24.9 Å². The van der Waals surface area contributed by atoms with E-state index in [1.54, 1.807) is 6.07 Å². The number of benzene rings is 2. The van der Waals surface area contributed by atoms with E-state index in [1.807, 2.05) is 36.4 Å². The van der Waals surface area contributed by atoms with Crippen molar-refractivity contribution < 1.29 is 0 Å². The second kappa shape index (κ2) is 6.20. The van der Waals surface area contributed by atoms with E-state index < -0.39 is 0 Å². The highest BCUT2D eigenvalue weighted by Gasteiger charge is 2.19. The lowest BCUT2D eigenvalue weighted by molar-refractivity contribution is 0.858. The van der Waals surface area contributed by atoms with Gasteiger partial charge >= 0.3 is 0 Å². The molecule has 114 valence electrons. The van der Waals surface area contributed by atoms with E-state index in [4.69, 9.17) is 23.2 Å². The molecule has 0 saturated heterocycles. The van der Waals surface area contributed by atoms with Crippen LogP contribution in [0.5, 0.6) is 0 Å². The van der Waals surface area contributed by atoms with Gasteiger partial charge in [-0.1, -0.05) is 49.2 Å². The van der Waals surface area contributed by atoms with Gasteiger partial charge in [-0.15, -0.1) is 0 Å². The molecule has 2 aromatic carbocycles. The summed E-state index contributed by atoms with van der Waals surface area (Å²) in [4.78, 5) is 4.51. The number of pyridine rings is 1. The molecule has 3 rings (SSSR count). The SMILES string of the molecule is CC(C)c1c(C#N)nc2ccc(Cl)cc2c1-c1cccc(Cl)c1. The number of hydrogen-bond donors (Lipinski definition) is 0. The summed E-state index contributed by atoms with van der Waals surface area (Å²) in [6.45, 7) is 4.12. The van der Waals surface area contributed by atoms with Crippen LogP contribution >= 0.6 is 23.2 Å². The van der Waals surface area contributed by atoms with Gasteiger partial charge in [0.1, 0.15) is 11.8 Å². The summed E-state index contributed by atoms with van der Waals surface area (Å²) in [7, 11) is 0. The summed E-state index contributed by atoms with van der Waals surface area (Å²) < 4.78 is 0. The molecule has 0 unspecified atom stereocenters. The van der Waals surface area contributed by atoms with E-state index in [0.29, 0.717) is 15.7 Å². The molecule has 0 spiro atoms. The fraction of sp³-hybridized carbons (Fsp3) is 0.158. The van der Waals surface area contributed by atoms with Gasteiger partial charge in [-0.05, 0) is 52.9 Å². The van der Waals surface area contributed by atoms with Crippen molar-refractivity contribution in [1.29, 1.82) is 5.26 Å².